The zero-order chi connectivity index (χ0) is 13.5. The van der Waals surface area contributed by atoms with Crippen molar-refractivity contribution in [3.8, 4) is 0 Å². The second kappa shape index (κ2) is 7.21. The summed E-state index contributed by atoms with van der Waals surface area (Å²) in [5.41, 5.74) is 0. The summed E-state index contributed by atoms with van der Waals surface area (Å²) < 4.78 is 14.6. The Morgan fingerprint density at radius 3 is 2.47 bits per heavy atom. The van der Waals surface area contributed by atoms with Gasteiger partial charge in [0.2, 0.25) is 0 Å². The fraction of sp³-hybridized carbons (Fsp3) is 0.556. The molecule has 0 radical (unpaired) electrons. The molecule has 0 atom stereocenters. The van der Waals surface area contributed by atoms with E-state index in [0.29, 0.717) is 19.7 Å². The molecule has 1 aliphatic heterocycles. The molecular formula is C9H17N2O5P. The maximum Gasteiger partial charge on any atom is 0.415 e. The highest BCUT2D eigenvalue weighted by atomic mass is 31.2. The SMILES string of the molecule is C=C(C)P(=O)(O)O.CCOC(=O)N1C=NCC1. The van der Waals surface area contributed by atoms with Gasteiger partial charge in [0.25, 0.3) is 0 Å². The summed E-state index contributed by atoms with van der Waals surface area (Å²) in [6.07, 6.45) is 1.21. The smallest absolute Gasteiger partial charge is 0.415 e. The Morgan fingerprint density at radius 2 is 2.18 bits per heavy atom. The minimum absolute atomic E-state index is 0.0903. The molecule has 0 aliphatic carbocycles. The quantitative estimate of drug-likeness (QED) is 0.729. The van der Waals surface area contributed by atoms with Crippen molar-refractivity contribution in [2.24, 2.45) is 4.99 Å². The molecule has 0 saturated heterocycles. The van der Waals surface area contributed by atoms with Crippen molar-refractivity contribution in [2.45, 2.75) is 13.8 Å². The van der Waals surface area contributed by atoms with E-state index in [1.165, 1.54) is 18.2 Å². The van der Waals surface area contributed by atoms with Gasteiger partial charge in [-0.25, -0.2) is 4.79 Å². The number of rotatable bonds is 2. The Bertz CT molecular complexity index is 349. The summed E-state index contributed by atoms with van der Waals surface area (Å²) in [6, 6.07) is 0. The molecule has 1 rings (SSSR count). The minimum atomic E-state index is -3.93. The maximum absolute atomic E-state index is 10.9. The van der Waals surface area contributed by atoms with Gasteiger partial charge in [-0.1, -0.05) is 6.58 Å². The largest absolute Gasteiger partial charge is 0.449 e. The van der Waals surface area contributed by atoms with Gasteiger partial charge in [0.15, 0.2) is 0 Å². The number of hydrogen-bond donors (Lipinski definition) is 2. The third kappa shape index (κ3) is 6.88. The average Bonchev–Trinajstić information content (AvgIpc) is 2.70. The summed E-state index contributed by atoms with van der Waals surface area (Å²) in [6.45, 7) is 7.90. The van der Waals surface area contributed by atoms with Crippen LogP contribution in [0.15, 0.2) is 16.9 Å². The Hall–Kier alpha value is -1.17. The van der Waals surface area contributed by atoms with Gasteiger partial charge in [-0.2, -0.15) is 0 Å². The van der Waals surface area contributed by atoms with Crippen molar-refractivity contribution in [1.29, 1.82) is 0 Å². The van der Waals surface area contributed by atoms with E-state index in [4.69, 9.17) is 14.5 Å². The van der Waals surface area contributed by atoms with Crippen LogP contribution >= 0.6 is 7.60 Å². The maximum atomic E-state index is 10.9. The topological polar surface area (TPSA) is 99.4 Å². The molecule has 1 aliphatic rings. The van der Waals surface area contributed by atoms with Gasteiger partial charge in [-0.3, -0.25) is 14.5 Å². The molecule has 0 fully saturated rings. The van der Waals surface area contributed by atoms with Gasteiger partial charge in [0.1, 0.15) is 0 Å². The number of amides is 1. The highest BCUT2D eigenvalue weighted by molar-refractivity contribution is 7.56. The predicted octanol–water partition coefficient (Wildman–Crippen LogP) is 1.18. The van der Waals surface area contributed by atoms with E-state index >= 15 is 0 Å². The molecule has 2 N–H and O–H groups in total. The van der Waals surface area contributed by atoms with Crippen LogP contribution in [0, 0.1) is 0 Å². The van der Waals surface area contributed by atoms with E-state index in [9.17, 15) is 9.36 Å². The molecule has 0 aromatic rings. The van der Waals surface area contributed by atoms with Crippen LogP contribution in [0.3, 0.4) is 0 Å². The molecule has 0 bridgehead atoms. The zero-order valence-electron chi connectivity index (χ0n) is 9.87. The molecule has 7 nitrogen and oxygen atoms in total. The molecule has 1 amide bonds. The first kappa shape index (κ1) is 15.8. The number of aliphatic imine (C=N–C) groups is 1. The third-order valence-corrected chi connectivity index (χ3v) is 2.69. The number of hydrogen-bond acceptors (Lipinski definition) is 4. The van der Waals surface area contributed by atoms with Crippen LogP contribution in [0.2, 0.25) is 0 Å². The summed E-state index contributed by atoms with van der Waals surface area (Å²) in [4.78, 5) is 32.4. The molecule has 0 aromatic heterocycles. The van der Waals surface area contributed by atoms with Crippen LogP contribution in [0.4, 0.5) is 4.79 Å². The highest BCUT2D eigenvalue weighted by Gasteiger charge is 2.14. The van der Waals surface area contributed by atoms with Crippen molar-refractivity contribution >= 4 is 20.0 Å². The van der Waals surface area contributed by atoms with E-state index in [2.05, 4.69) is 11.6 Å². The summed E-state index contributed by atoms with van der Waals surface area (Å²) in [5.74, 6) is 0. The van der Waals surface area contributed by atoms with Gasteiger partial charge in [-0.15, -0.1) is 0 Å². The summed E-state index contributed by atoms with van der Waals surface area (Å²) in [5, 5.41) is -0.0903. The van der Waals surface area contributed by atoms with Crippen LogP contribution in [0.5, 0.6) is 0 Å². The lowest BCUT2D eigenvalue weighted by Gasteiger charge is -2.09. The molecule has 98 valence electrons. The molecular weight excluding hydrogens is 247 g/mol. The first-order valence-electron chi connectivity index (χ1n) is 4.94. The van der Waals surface area contributed by atoms with E-state index < -0.39 is 7.60 Å². The Labute approximate surface area is 100.0 Å². The van der Waals surface area contributed by atoms with Crippen LogP contribution in [-0.2, 0) is 9.30 Å². The van der Waals surface area contributed by atoms with E-state index in [1.54, 1.807) is 6.92 Å². The monoisotopic (exact) mass is 264 g/mol. The van der Waals surface area contributed by atoms with Gasteiger partial charge >= 0.3 is 13.7 Å². The van der Waals surface area contributed by atoms with Gasteiger partial charge in [0, 0.05) is 11.9 Å². The number of nitrogens with zero attached hydrogens (tertiary/aromatic N) is 2. The zero-order valence-corrected chi connectivity index (χ0v) is 10.8. The number of carbonyl (C=O) groups excluding carboxylic acids is 1. The minimum Gasteiger partial charge on any atom is -0.449 e. The highest BCUT2D eigenvalue weighted by Crippen LogP contribution is 2.42. The summed E-state index contributed by atoms with van der Waals surface area (Å²) in [7, 11) is -3.93. The molecule has 8 heteroatoms. The molecule has 17 heavy (non-hydrogen) atoms. The van der Waals surface area contributed by atoms with E-state index in [1.807, 2.05) is 0 Å². The first-order chi connectivity index (χ1) is 7.79. The van der Waals surface area contributed by atoms with Crippen molar-refractivity contribution < 1.29 is 23.9 Å². The number of ether oxygens (including phenoxy) is 1. The van der Waals surface area contributed by atoms with Crippen molar-refractivity contribution in [1.82, 2.24) is 4.90 Å². The lowest BCUT2D eigenvalue weighted by molar-refractivity contribution is 0.131. The molecule has 0 unspecified atom stereocenters. The standard InChI is InChI=1S/C6H10N2O2.C3H7O3P/c1-2-10-6(9)8-4-3-7-5-8;1-3(2)7(4,5)6/h5H,2-4H2,1H3;1H2,2H3,(H2,4,5,6). The first-order valence-corrected chi connectivity index (χ1v) is 6.55. The third-order valence-electron chi connectivity index (χ3n) is 1.69. The van der Waals surface area contributed by atoms with Gasteiger partial charge < -0.3 is 14.5 Å². The fourth-order valence-electron chi connectivity index (χ4n) is 0.724. The lowest BCUT2D eigenvalue weighted by atomic mass is 10.6. The van der Waals surface area contributed by atoms with E-state index in [-0.39, 0.29) is 11.4 Å². The second-order valence-electron chi connectivity index (χ2n) is 3.19. The normalized spacial score (nSPS) is 14.0. The van der Waals surface area contributed by atoms with Crippen molar-refractivity contribution in [3.05, 3.63) is 11.9 Å². The second-order valence-corrected chi connectivity index (χ2v) is 5.04. The average molecular weight is 264 g/mol. The molecule has 0 aromatic carbocycles. The van der Waals surface area contributed by atoms with Gasteiger partial charge in [0.05, 0.1) is 19.5 Å². The summed E-state index contributed by atoms with van der Waals surface area (Å²) >= 11 is 0. The Kier molecular flexibility index (Phi) is 6.72. The number of carbonyl (C=O) groups is 1. The molecule has 0 spiro atoms. The number of allylic oxidation sites excluding steroid dienone is 1. The van der Waals surface area contributed by atoms with Crippen LogP contribution < -0.4 is 0 Å². The lowest BCUT2D eigenvalue weighted by Crippen LogP contribution is -2.28. The molecule has 1 heterocycles. The van der Waals surface area contributed by atoms with Crippen molar-refractivity contribution in [2.75, 3.05) is 19.7 Å². The van der Waals surface area contributed by atoms with Crippen LogP contribution in [0.25, 0.3) is 0 Å². The Balaban J connectivity index is 0.000000325. The van der Waals surface area contributed by atoms with E-state index in [0.717, 1.165) is 0 Å². The predicted molar refractivity (Wildman–Crippen MR) is 63.9 cm³/mol. The molecule has 0 saturated carbocycles. The van der Waals surface area contributed by atoms with Gasteiger partial charge in [-0.05, 0) is 13.8 Å². The fourth-order valence-corrected chi connectivity index (χ4v) is 0.724. The Morgan fingerprint density at radius 1 is 1.65 bits per heavy atom. The van der Waals surface area contributed by atoms with Crippen LogP contribution in [-0.4, -0.2) is 46.8 Å². The van der Waals surface area contributed by atoms with Crippen molar-refractivity contribution in [3.63, 3.8) is 0 Å². The van der Waals surface area contributed by atoms with Crippen LogP contribution in [0.1, 0.15) is 13.8 Å².